The number of thiazole rings is 1. The fourth-order valence-electron chi connectivity index (χ4n) is 2.13. The van der Waals surface area contributed by atoms with Crippen LogP contribution >= 0.6 is 11.3 Å². The van der Waals surface area contributed by atoms with Gasteiger partial charge in [-0.3, -0.25) is 0 Å². The fourth-order valence-corrected chi connectivity index (χ4v) is 3.10. The van der Waals surface area contributed by atoms with Gasteiger partial charge < -0.3 is 15.7 Å². The van der Waals surface area contributed by atoms with Gasteiger partial charge in [0.25, 0.3) is 0 Å². The van der Waals surface area contributed by atoms with E-state index in [-0.39, 0.29) is 18.7 Å². The van der Waals surface area contributed by atoms with E-state index < -0.39 is 0 Å². The Morgan fingerprint density at radius 2 is 1.96 bits per heavy atom. The van der Waals surface area contributed by atoms with E-state index in [1.807, 2.05) is 42.5 Å². The number of nitrogens with one attached hydrogen (secondary N) is 2. The van der Waals surface area contributed by atoms with Crippen LogP contribution in [0.25, 0.3) is 20.8 Å². The van der Waals surface area contributed by atoms with E-state index >= 15 is 0 Å². The van der Waals surface area contributed by atoms with Crippen LogP contribution < -0.4 is 10.6 Å². The Bertz CT molecular complexity index is 781. The molecular weight excluding hydrogens is 310 g/mol. The zero-order chi connectivity index (χ0) is 16.2. The largest absolute Gasteiger partial charge is 0.394 e. The number of anilines is 1. The lowest BCUT2D eigenvalue weighted by molar-refractivity contribution is 0.229. The molecule has 1 heterocycles. The summed E-state index contributed by atoms with van der Waals surface area (Å²) in [5.41, 5.74) is 2.70. The highest BCUT2D eigenvalue weighted by molar-refractivity contribution is 7.21. The molecule has 3 N–H and O–H groups in total. The monoisotopic (exact) mass is 327 g/mol. The molecule has 0 aliphatic carbocycles. The third-order valence-corrected chi connectivity index (χ3v) is 4.42. The Balaban J connectivity index is 1.73. The van der Waals surface area contributed by atoms with Crippen LogP contribution in [0.3, 0.4) is 0 Å². The van der Waals surface area contributed by atoms with Gasteiger partial charge in [0.05, 0.1) is 22.9 Å². The molecule has 5 nitrogen and oxygen atoms in total. The third kappa shape index (κ3) is 3.67. The predicted octanol–water partition coefficient (Wildman–Crippen LogP) is 3.47. The average Bonchev–Trinajstić information content (AvgIpc) is 2.99. The quantitative estimate of drug-likeness (QED) is 0.687. The maximum Gasteiger partial charge on any atom is 0.319 e. The van der Waals surface area contributed by atoms with E-state index in [0.717, 1.165) is 20.8 Å². The second-order valence-corrected chi connectivity index (χ2v) is 6.28. The number of carbonyl (C=O) groups is 1. The molecule has 23 heavy (non-hydrogen) atoms. The maximum atomic E-state index is 11.7. The summed E-state index contributed by atoms with van der Waals surface area (Å²) in [6.07, 6.45) is 0. The van der Waals surface area contributed by atoms with Gasteiger partial charge in [-0.2, -0.15) is 0 Å². The van der Waals surface area contributed by atoms with Gasteiger partial charge in [0, 0.05) is 11.3 Å². The molecule has 1 atom stereocenters. The molecular formula is C17H17N3O2S. The van der Waals surface area contributed by atoms with E-state index in [0.29, 0.717) is 5.69 Å². The van der Waals surface area contributed by atoms with Gasteiger partial charge in [0.1, 0.15) is 5.01 Å². The summed E-state index contributed by atoms with van der Waals surface area (Å²) in [6, 6.07) is 15.0. The summed E-state index contributed by atoms with van der Waals surface area (Å²) >= 11 is 1.64. The predicted molar refractivity (Wildman–Crippen MR) is 93.8 cm³/mol. The van der Waals surface area contributed by atoms with Gasteiger partial charge in [0.15, 0.2) is 0 Å². The van der Waals surface area contributed by atoms with Gasteiger partial charge in [0.2, 0.25) is 0 Å². The molecule has 6 heteroatoms. The number of hydrogen-bond acceptors (Lipinski definition) is 4. The minimum absolute atomic E-state index is 0.0933. The first-order valence-corrected chi connectivity index (χ1v) is 8.12. The van der Waals surface area contributed by atoms with Crippen molar-refractivity contribution in [1.82, 2.24) is 10.3 Å². The first-order chi connectivity index (χ1) is 11.2. The minimum atomic E-state index is -0.334. The van der Waals surface area contributed by atoms with E-state index in [1.54, 1.807) is 18.3 Å². The number of rotatable bonds is 4. The Labute approximate surface area is 138 Å². The molecule has 0 spiro atoms. The fraction of sp³-hybridized carbons (Fsp3) is 0.176. The van der Waals surface area contributed by atoms with Crippen LogP contribution in [-0.2, 0) is 0 Å². The molecule has 0 bridgehead atoms. The van der Waals surface area contributed by atoms with E-state index in [2.05, 4.69) is 21.7 Å². The summed E-state index contributed by atoms with van der Waals surface area (Å²) in [5, 5.41) is 15.2. The highest BCUT2D eigenvalue weighted by Crippen LogP contribution is 2.30. The van der Waals surface area contributed by atoms with Gasteiger partial charge >= 0.3 is 6.03 Å². The number of urea groups is 1. The normalized spacial score (nSPS) is 12.1. The molecule has 3 rings (SSSR count). The number of benzene rings is 2. The van der Waals surface area contributed by atoms with Crippen LogP contribution in [0.5, 0.6) is 0 Å². The molecule has 2 amide bonds. The van der Waals surface area contributed by atoms with E-state index in [9.17, 15) is 4.79 Å². The van der Waals surface area contributed by atoms with Crippen LogP contribution in [0.1, 0.15) is 6.92 Å². The van der Waals surface area contributed by atoms with Crippen molar-refractivity contribution in [2.45, 2.75) is 13.0 Å². The Hall–Kier alpha value is -2.44. The number of para-hydroxylation sites is 1. The molecule has 0 aliphatic heterocycles. The Morgan fingerprint density at radius 3 is 2.65 bits per heavy atom. The number of aromatic nitrogens is 1. The summed E-state index contributed by atoms with van der Waals surface area (Å²) in [4.78, 5) is 16.3. The highest BCUT2D eigenvalue weighted by atomic mass is 32.1. The molecule has 0 saturated carbocycles. The molecule has 1 unspecified atom stereocenters. The number of amides is 2. The molecule has 118 valence electrons. The lowest BCUT2D eigenvalue weighted by Gasteiger charge is -2.12. The summed E-state index contributed by atoms with van der Waals surface area (Å²) in [7, 11) is 0. The van der Waals surface area contributed by atoms with Gasteiger partial charge in [-0.05, 0) is 43.3 Å². The first kappa shape index (κ1) is 15.5. The average molecular weight is 327 g/mol. The van der Waals surface area contributed by atoms with E-state index in [4.69, 9.17) is 5.11 Å². The maximum absolute atomic E-state index is 11.7. The van der Waals surface area contributed by atoms with Crippen LogP contribution in [0.4, 0.5) is 10.5 Å². The molecule has 0 radical (unpaired) electrons. The van der Waals surface area contributed by atoms with Crippen molar-refractivity contribution in [3.8, 4) is 10.6 Å². The number of aliphatic hydroxyl groups is 1. The lowest BCUT2D eigenvalue weighted by Crippen LogP contribution is -2.38. The zero-order valence-corrected chi connectivity index (χ0v) is 13.4. The second-order valence-electron chi connectivity index (χ2n) is 5.25. The SMILES string of the molecule is CC(CO)NC(=O)Nc1ccc(-c2nc3ccccc3s2)cc1. The van der Waals surface area contributed by atoms with E-state index in [1.165, 1.54) is 0 Å². The summed E-state index contributed by atoms with van der Waals surface area (Å²) < 4.78 is 1.15. The number of hydrogen-bond donors (Lipinski definition) is 3. The number of aliphatic hydroxyl groups excluding tert-OH is 1. The molecule has 1 aromatic heterocycles. The molecule has 3 aromatic rings. The zero-order valence-electron chi connectivity index (χ0n) is 12.6. The Morgan fingerprint density at radius 1 is 1.22 bits per heavy atom. The number of nitrogens with zero attached hydrogens (tertiary/aromatic N) is 1. The topological polar surface area (TPSA) is 74.2 Å². The minimum Gasteiger partial charge on any atom is -0.394 e. The smallest absolute Gasteiger partial charge is 0.319 e. The third-order valence-electron chi connectivity index (χ3n) is 3.33. The van der Waals surface area contributed by atoms with Crippen LogP contribution in [0, 0.1) is 0 Å². The van der Waals surface area contributed by atoms with Gasteiger partial charge in [-0.25, -0.2) is 9.78 Å². The number of fused-ring (bicyclic) bond motifs is 1. The van der Waals surface area contributed by atoms with Gasteiger partial charge in [-0.1, -0.05) is 12.1 Å². The van der Waals surface area contributed by atoms with Crippen molar-refractivity contribution in [1.29, 1.82) is 0 Å². The standard InChI is InChI=1S/C17H17N3O2S/c1-11(10-21)18-17(22)19-13-8-6-12(7-9-13)16-20-14-4-2-3-5-15(14)23-16/h2-9,11,21H,10H2,1H3,(H2,18,19,22). The van der Waals surface area contributed by atoms with Crippen molar-refractivity contribution in [3.05, 3.63) is 48.5 Å². The highest BCUT2D eigenvalue weighted by Gasteiger charge is 2.08. The number of carbonyl (C=O) groups excluding carboxylic acids is 1. The van der Waals surface area contributed by atoms with Crippen molar-refractivity contribution in [3.63, 3.8) is 0 Å². The van der Waals surface area contributed by atoms with Crippen LogP contribution in [-0.4, -0.2) is 28.8 Å². The van der Waals surface area contributed by atoms with Crippen molar-refractivity contribution >= 4 is 33.3 Å². The van der Waals surface area contributed by atoms with Crippen LogP contribution in [0.15, 0.2) is 48.5 Å². The second kappa shape index (κ2) is 6.76. The molecule has 0 fully saturated rings. The lowest BCUT2D eigenvalue weighted by atomic mass is 10.2. The molecule has 2 aromatic carbocycles. The van der Waals surface area contributed by atoms with Crippen molar-refractivity contribution in [2.24, 2.45) is 0 Å². The Kier molecular flexibility index (Phi) is 4.55. The van der Waals surface area contributed by atoms with Crippen molar-refractivity contribution < 1.29 is 9.90 Å². The first-order valence-electron chi connectivity index (χ1n) is 7.30. The summed E-state index contributed by atoms with van der Waals surface area (Å²) in [5.74, 6) is 0. The molecule has 0 saturated heterocycles. The van der Waals surface area contributed by atoms with Crippen LogP contribution in [0.2, 0.25) is 0 Å². The molecule has 0 aliphatic rings. The van der Waals surface area contributed by atoms with Gasteiger partial charge in [-0.15, -0.1) is 11.3 Å². The van der Waals surface area contributed by atoms with Crippen molar-refractivity contribution in [2.75, 3.05) is 11.9 Å². The summed E-state index contributed by atoms with van der Waals surface area (Å²) in [6.45, 7) is 1.64.